The highest BCUT2D eigenvalue weighted by Gasteiger charge is 2.41. The Balaban J connectivity index is 1.60. The summed E-state index contributed by atoms with van der Waals surface area (Å²) in [7, 11) is -1.35. The van der Waals surface area contributed by atoms with Gasteiger partial charge < -0.3 is 25.0 Å². The SMILES string of the molecule is CCN1CCN(C(=O)NC(C(=O)C[C@H]2Cc3cccc(C)c3OB2O)c2ccc(C(=O)O)cc2F)C(=O)C1=O. The number of nitrogens with one attached hydrogen (secondary N) is 1. The van der Waals surface area contributed by atoms with Crippen LogP contribution >= 0.6 is 0 Å². The Kier molecular flexibility index (Phi) is 8.00. The van der Waals surface area contributed by atoms with Crippen molar-refractivity contribution in [1.29, 1.82) is 0 Å². The number of imide groups is 1. The molecule has 0 saturated carbocycles. The largest absolute Gasteiger partial charge is 0.536 e. The van der Waals surface area contributed by atoms with E-state index in [0.29, 0.717) is 10.6 Å². The summed E-state index contributed by atoms with van der Waals surface area (Å²) < 4.78 is 20.7. The number of amides is 4. The summed E-state index contributed by atoms with van der Waals surface area (Å²) in [6.07, 6.45) is -0.0624. The van der Waals surface area contributed by atoms with Crippen LogP contribution in [0.25, 0.3) is 0 Å². The number of fused-ring (bicyclic) bond motifs is 1. The van der Waals surface area contributed by atoms with Gasteiger partial charge in [0.15, 0.2) is 5.78 Å². The molecule has 0 spiro atoms. The first-order valence-corrected chi connectivity index (χ1v) is 12.4. The minimum atomic E-state index is -1.64. The summed E-state index contributed by atoms with van der Waals surface area (Å²) >= 11 is 0. The van der Waals surface area contributed by atoms with E-state index in [0.717, 1.165) is 29.3 Å². The third-order valence-electron chi connectivity index (χ3n) is 6.96. The molecule has 1 unspecified atom stereocenters. The molecule has 204 valence electrons. The molecule has 39 heavy (non-hydrogen) atoms. The van der Waals surface area contributed by atoms with Crippen molar-refractivity contribution in [2.24, 2.45) is 0 Å². The molecule has 1 fully saturated rings. The first-order valence-electron chi connectivity index (χ1n) is 12.4. The number of carbonyl (C=O) groups excluding carboxylic acids is 4. The number of likely N-dealkylation sites (N-methyl/N-ethyl adjacent to an activating group) is 1. The number of hydrogen-bond donors (Lipinski definition) is 3. The molecule has 0 aliphatic carbocycles. The number of rotatable bonds is 7. The molecular formula is C26H27BFN3O8. The number of Topliss-reactive ketones (excluding diaryl/α,β-unsaturated/α-hetero) is 1. The molecule has 2 aliphatic rings. The number of nitrogens with zero attached hydrogens (tertiary/aromatic N) is 2. The van der Waals surface area contributed by atoms with Crippen LogP contribution in [0.2, 0.25) is 5.82 Å². The van der Waals surface area contributed by atoms with Crippen LogP contribution in [-0.4, -0.2) is 76.3 Å². The van der Waals surface area contributed by atoms with E-state index in [1.54, 1.807) is 13.0 Å². The number of piperazine rings is 1. The molecule has 2 atom stereocenters. The van der Waals surface area contributed by atoms with Crippen LogP contribution in [0.4, 0.5) is 9.18 Å². The van der Waals surface area contributed by atoms with Crippen molar-refractivity contribution in [3.63, 3.8) is 0 Å². The van der Waals surface area contributed by atoms with E-state index in [1.807, 2.05) is 19.1 Å². The molecule has 4 rings (SSSR count). The van der Waals surface area contributed by atoms with Gasteiger partial charge in [0.1, 0.15) is 17.6 Å². The van der Waals surface area contributed by atoms with Crippen molar-refractivity contribution in [1.82, 2.24) is 15.1 Å². The van der Waals surface area contributed by atoms with Gasteiger partial charge in [-0.2, -0.15) is 0 Å². The second-order valence-corrected chi connectivity index (χ2v) is 9.47. The summed E-state index contributed by atoms with van der Waals surface area (Å²) in [4.78, 5) is 64.6. The van der Waals surface area contributed by atoms with E-state index >= 15 is 4.39 Å². The van der Waals surface area contributed by atoms with Crippen LogP contribution in [0.15, 0.2) is 36.4 Å². The zero-order valence-electron chi connectivity index (χ0n) is 21.3. The topological polar surface area (TPSA) is 154 Å². The fourth-order valence-corrected chi connectivity index (χ4v) is 4.79. The number of benzene rings is 2. The molecule has 2 heterocycles. The number of aromatic carboxylic acids is 1. The Bertz CT molecular complexity index is 1350. The molecule has 0 radical (unpaired) electrons. The first-order chi connectivity index (χ1) is 18.5. The molecule has 2 aliphatic heterocycles. The van der Waals surface area contributed by atoms with Gasteiger partial charge in [0.05, 0.1) is 5.56 Å². The minimum absolute atomic E-state index is 0.0964. The van der Waals surface area contributed by atoms with Gasteiger partial charge in [0, 0.05) is 37.4 Å². The number of carboxylic acid groups (broad SMARTS) is 1. The maximum Gasteiger partial charge on any atom is 0.526 e. The van der Waals surface area contributed by atoms with Crippen LogP contribution in [-0.2, 0) is 20.8 Å². The standard InChI is InChI=1S/C26H27BFN3O8/c1-3-30-9-10-31(24(34)23(30)33)26(37)29-21(18-8-7-16(25(35)36)12-19(18)28)20(32)13-17-11-15-6-4-5-14(2)22(15)39-27(17)38/h4-8,12,17,21,38H,3,9-11,13H2,1-2H3,(H,29,37)(H,35,36)/t17-,21?/m1/s1. The molecule has 11 nitrogen and oxygen atoms in total. The van der Waals surface area contributed by atoms with Crippen LogP contribution in [0.1, 0.15) is 46.4 Å². The number of para-hydroxylation sites is 1. The van der Waals surface area contributed by atoms with Crippen molar-refractivity contribution in [2.75, 3.05) is 19.6 Å². The van der Waals surface area contributed by atoms with Gasteiger partial charge in [-0.1, -0.05) is 24.3 Å². The predicted molar refractivity (Wildman–Crippen MR) is 135 cm³/mol. The Morgan fingerprint density at radius 2 is 1.92 bits per heavy atom. The third-order valence-corrected chi connectivity index (χ3v) is 6.96. The third kappa shape index (κ3) is 5.63. The van der Waals surface area contributed by atoms with Gasteiger partial charge in [-0.3, -0.25) is 19.3 Å². The van der Waals surface area contributed by atoms with Crippen molar-refractivity contribution in [2.45, 2.75) is 38.5 Å². The fraction of sp³-hybridized carbons (Fsp3) is 0.346. The lowest BCUT2D eigenvalue weighted by Gasteiger charge is -2.33. The van der Waals surface area contributed by atoms with Gasteiger partial charge in [-0.15, -0.1) is 0 Å². The highest BCUT2D eigenvalue weighted by Crippen LogP contribution is 2.37. The first kappa shape index (κ1) is 27.8. The predicted octanol–water partition coefficient (Wildman–Crippen LogP) is 1.72. The number of halogens is 1. The van der Waals surface area contributed by atoms with Gasteiger partial charge in [-0.25, -0.2) is 14.0 Å². The van der Waals surface area contributed by atoms with Crippen molar-refractivity contribution in [3.05, 3.63) is 64.5 Å². The summed E-state index contributed by atoms with van der Waals surface area (Å²) in [6, 6.07) is 5.58. The van der Waals surface area contributed by atoms with Gasteiger partial charge in [0.2, 0.25) is 0 Å². The monoisotopic (exact) mass is 539 g/mol. The normalized spacial score (nSPS) is 17.8. The second-order valence-electron chi connectivity index (χ2n) is 9.47. The summed E-state index contributed by atoms with van der Waals surface area (Å²) in [5, 5.41) is 22.1. The number of urea groups is 1. The molecule has 1 saturated heterocycles. The lowest BCUT2D eigenvalue weighted by molar-refractivity contribution is -0.153. The van der Waals surface area contributed by atoms with Gasteiger partial charge in [-0.05, 0) is 43.5 Å². The average Bonchev–Trinajstić information content (AvgIpc) is 2.89. The van der Waals surface area contributed by atoms with Gasteiger partial charge in [0.25, 0.3) is 0 Å². The molecule has 0 bridgehead atoms. The maximum atomic E-state index is 15.1. The molecule has 3 N–H and O–H groups in total. The highest BCUT2D eigenvalue weighted by molar-refractivity contribution is 6.46. The summed E-state index contributed by atoms with van der Waals surface area (Å²) in [6.45, 7) is 3.74. The van der Waals surface area contributed by atoms with Crippen LogP contribution in [0, 0.1) is 12.7 Å². The quantitative estimate of drug-likeness (QED) is 0.355. The number of carboxylic acids is 1. The van der Waals surface area contributed by atoms with Gasteiger partial charge >= 0.3 is 30.9 Å². The molecule has 2 aromatic carbocycles. The molecular weight excluding hydrogens is 512 g/mol. The molecule has 4 amide bonds. The van der Waals surface area contributed by atoms with E-state index < -0.39 is 54.4 Å². The van der Waals surface area contributed by atoms with Crippen molar-refractivity contribution in [3.8, 4) is 5.75 Å². The number of ketones is 1. The summed E-state index contributed by atoms with van der Waals surface area (Å²) in [5.74, 6) is -5.34. The Morgan fingerprint density at radius 3 is 2.59 bits per heavy atom. The zero-order valence-corrected chi connectivity index (χ0v) is 21.3. The fourth-order valence-electron chi connectivity index (χ4n) is 4.79. The lowest BCUT2D eigenvalue weighted by atomic mass is 9.64. The Morgan fingerprint density at radius 1 is 1.18 bits per heavy atom. The lowest BCUT2D eigenvalue weighted by Crippen LogP contribution is -2.58. The van der Waals surface area contributed by atoms with Crippen LogP contribution in [0.3, 0.4) is 0 Å². The Hall–Kier alpha value is -4.26. The number of hydrogen-bond acceptors (Lipinski definition) is 7. The smallest absolute Gasteiger partial charge is 0.526 e. The van der Waals surface area contributed by atoms with E-state index in [9.17, 15) is 34.1 Å². The number of aryl methyl sites for hydroxylation is 1. The summed E-state index contributed by atoms with van der Waals surface area (Å²) in [5.41, 5.74) is 0.887. The van der Waals surface area contributed by atoms with Crippen molar-refractivity contribution < 1.29 is 43.1 Å². The zero-order chi connectivity index (χ0) is 28.4. The minimum Gasteiger partial charge on any atom is -0.536 e. The maximum absolute atomic E-state index is 15.1. The number of carbonyl (C=O) groups is 5. The highest BCUT2D eigenvalue weighted by atomic mass is 19.1. The van der Waals surface area contributed by atoms with E-state index in [1.165, 1.54) is 4.90 Å². The van der Waals surface area contributed by atoms with Crippen LogP contribution in [0.5, 0.6) is 5.75 Å². The van der Waals surface area contributed by atoms with E-state index in [4.69, 9.17) is 4.65 Å². The van der Waals surface area contributed by atoms with E-state index in [2.05, 4.69) is 5.32 Å². The molecule has 13 heteroatoms. The average molecular weight is 539 g/mol. The molecule has 0 aromatic heterocycles. The Labute approximate surface area is 223 Å². The van der Waals surface area contributed by atoms with Crippen LogP contribution < -0.4 is 9.97 Å². The molecule has 2 aromatic rings. The van der Waals surface area contributed by atoms with E-state index in [-0.39, 0.29) is 43.6 Å². The second kappa shape index (κ2) is 11.2. The van der Waals surface area contributed by atoms with Crippen molar-refractivity contribution >= 4 is 36.7 Å².